The van der Waals surface area contributed by atoms with E-state index < -0.39 is 0 Å². The van der Waals surface area contributed by atoms with Gasteiger partial charge in [0.05, 0.1) is 12.3 Å². The predicted molar refractivity (Wildman–Crippen MR) is 70.1 cm³/mol. The first kappa shape index (κ1) is 11.9. The van der Waals surface area contributed by atoms with Gasteiger partial charge in [0.1, 0.15) is 5.76 Å². The summed E-state index contributed by atoms with van der Waals surface area (Å²) in [5.41, 5.74) is 3.78. The first-order valence-corrected chi connectivity index (χ1v) is 6.06. The number of rotatable bonds is 4. The van der Waals surface area contributed by atoms with Crippen LogP contribution in [0.25, 0.3) is 0 Å². The third kappa shape index (κ3) is 2.59. The molecule has 1 aromatic carbocycles. The van der Waals surface area contributed by atoms with E-state index in [9.17, 15) is 0 Å². The van der Waals surface area contributed by atoms with E-state index in [0.717, 1.165) is 12.3 Å². The normalized spacial score (nSPS) is 12.6. The summed E-state index contributed by atoms with van der Waals surface area (Å²) in [4.78, 5) is 0. The number of nitrogens with one attached hydrogen (secondary N) is 1. The number of aryl methyl sites for hydroxylation is 2. The van der Waals surface area contributed by atoms with Crippen molar-refractivity contribution in [3.05, 3.63) is 59.0 Å². The summed E-state index contributed by atoms with van der Waals surface area (Å²) >= 11 is 0. The zero-order valence-corrected chi connectivity index (χ0v) is 10.7. The van der Waals surface area contributed by atoms with Crippen LogP contribution in [0.1, 0.15) is 35.4 Å². The van der Waals surface area contributed by atoms with Gasteiger partial charge in [0.15, 0.2) is 0 Å². The molecule has 0 bridgehead atoms. The maximum absolute atomic E-state index is 5.40. The van der Waals surface area contributed by atoms with Gasteiger partial charge in [-0.1, -0.05) is 36.8 Å². The second-order valence-corrected chi connectivity index (χ2v) is 4.33. The van der Waals surface area contributed by atoms with Crippen molar-refractivity contribution in [1.29, 1.82) is 0 Å². The van der Waals surface area contributed by atoms with E-state index in [1.54, 1.807) is 6.26 Å². The number of benzene rings is 1. The van der Waals surface area contributed by atoms with E-state index in [1.807, 2.05) is 13.0 Å². The Bertz CT molecular complexity index is 470. The highest BCUT2D eigenvalue weighted by Crippen LogP contribution is 2.25. The molecule has 2 heteroatoms. The molecule has 1 unspecified atom stereocenters. The number of hydrogen-bond acceptors (Lipinski definition) is 2. The van der Waals surface area contributed by atoms with Crippen LogP contribution >= 0.6 is 0 Å². The lowest BCUT2D eigenvalue weighted by Gasteiger charge is -2.18. The molecule has 0 spiro atoms. The predicted octanol–water partition coefficient (Wildman–Crippen LogP) is 3.60. The van der Waals surface area contributed by atoms with E-state index in [4.69, 9.17) is 4.42 Å². The quantitative estimate of drug-likeness (QED) is 0.866. The molecule has 1 atom stereocenters. The topological polar surface area (TPSA) is 25.2 Å². The van der Waals surface area contributed by atoms with Crippen LogP contribution in [0.2, 0.25) is 0 Å². The Hall–Kier alpha value is -1.54. The zero-order valence-electron chi connectivity index (χ0n) is 10.7. The molecule has 0 aliphatic heterocycles. The van der Waals surface area contributed by atoms with E-state index >= 15 is 0 Å². The molecule has 0 fully saturated rings. The second-order valence-electron chi connectivity index (χ2n) is 4.33. The van der Waals surface area contributed by atoms with Crippen molar-refractivity contribution in [2.24, 2.45) is 0 Å². The zero-order chi connectivity index (χ0) is 12.3. The standard InChI is InChI=1S/C15H19NO/c1-4-16-15(14-9-10-17-12(14)3)13-7-5-11(2)6-8-13/h5-10,15-16H,4H2,1-3H3. The van der Waals surface area contributed by atoms with Crippen LogP contribution in [-0.4, -0.2) is 6.54 Å². The largest absolute Gasteiger partial charge is 0.469 e. The molecule has 17 heavy (non-hydrogen) atoms. The van der Waals surface area contributed by atoms with Crippen molar-refractivity contribution in [3.63, 3.8) is 0 Å². The smallest absolute Gasteiger partial charge is 0.105 e. The highest BCUT2D eigenvalue weighted by molar-refractivity contribution is 5.34. The van der Waals surface area contributed by atoms with E-state index in [2.05, 4.69) is 43.4 Å². The molecule has 0 aliphatic rings. The summed E-state index contributed by atoms with van der Waals surface area (Å²) in [5, 5.41) is 3.50. The summed E-state index contributed by atoms with van der Waals surface area (Å²) in [6.45, 7) is 7.17. The summed E-state index contributed by atoms with van der Waals surface area (Å²) in [5.74, 6) is 0.983. The van der Waals surface area contributed by atoms with Crippen LogP contribution in [-0.2, 0) is 0 Å². The molecule has 2 rings (SSSR count). The van der Waals surface area contributed by atoms with Crippen molar-refractivity contribution in [2.75, 3.05) is 6.54 Å². The minimum absolute atomic E-state index is 0.222. The van der Waals surface area contributed by atoms with Crippen molar-refractivity contribution >= 4 is 0 Å². The van der Waals surface area contributed by atoms with Gasteiger partial charge in [0.2, 0.25) is 0 Å². The molecular weight excluding hydrogens is 210 g/mol. The Morgan fingerprint density at radius 1 is 1.12 bits per heavy atom. The second kappa shape index (κ2) is 5.19. The molecule has 0 saturated carbocycles. The third-order valence-electron chi connectivity index (χ3n) is 3.03. The molecule has 1 aromatic heterocycles. The monoisotopic (exact) mass is 229 g/mol. The molecule has 1 heterocycles. The van der Waals surface area contributed by atoms with Crippen LogP contribution in [0.4, 0.5) is 0 Å². The minimum Gasteiger partial charge on any atom is -0.469 e. The first-order valence-electron chi connectivity index (χ1n) is 6.06. The van der Waals surface area contributed by atoms with Gasteiger partial charge in [-0.3, -0.25) is 0 Å². The van der Waals surface area contributed by atoms with Crippen molar-refractivity contribution in [2.45, 2.75) is 26.8 Å². The van der Waals surface area contributed by atoms with Gasteiger partial charge in [-0.25, -0.2) is 0 Å². The van der Waals surface area contributed by atoms with Crippen LogP contribution in [0.3, 0.4) is 0 Å². The summed E-state index contributed by atoms with van der Waals surface area (Å²) in [6, 6.07) is 10.9. The van der Waals surface area contributed by atoms with Gasteiger partial charge in [0.25, 0.3) is 0 Å². The van der Waals surface area contributed by atoms with Gasteiger partial charge in [0, 0.05) is 5.56 Å². The third-order valence-corrected chi connectivity index (χ3v) is 3.03. The Morgan fingerprint density at radius 2 is 1.82 bits per heavy atom. The van der Waals surface area contributed by atoms with Crippen LogP contribution in [0.15, 0.2) is 41.0 Å². The number of hydrogen-bond donors (Lipinski definition) is 1. The molecule has 1 N–H and O–H groups in total. The van der Waals surface area contributed by atoms with Crippen molar-refractivity contribution in [3.8, 4) is 0 Å². The lowest BCUT2D eigenvalue weighted by atomic mass is 9.98. The van der Waals surface area contributed by atoms with E-state index in [0.29, 0.717) is 0 Å². The fraction of sp³-hybridized carbons (Fsp3) is 0.333. The van der Waals surface area contributed by atoms with Gasteiger partial charge >= 0.3 is 0 Å². The average Bonchev–Trinajstić information content (AvgIpc) is 2.74. The van der Waals surface area contributed by atoms with E-state index in [-0.39, 0.29) is 6.04 Å². The van der Waals surface area contributed by atoms with Gasteiger partial charge in [-0.2, -0.15) is 0 Å². The average molecular weight is 229 g/mol. The Balaban J connectivity index is 2.35. The molecule has 2 nitrogen and oxygen atoms in total. The lowest BCUT2D eigenvalue weighted by Crippen LogP contribution is -2.22. The summed E-state index contributed by atoms with van der Waals surface area (Å²) in [7, 11) is 0. The van der Waals surface area contributed by atoms with Crippen LogP contribution < -0.4 is 5.32 Å². The fourth-order valence-corrected chi connectivity index (χ4v) is 2.06. The molecule has 0 radical (unpaired) electrons. The number of furan rings is 1. The highest BCUT2D eigenvalue weighted by atomic mass is 16.3. The van der Waals surface area contributed by atoms with Gasteiger partial charge in [-0.05, 0) is 32.0 Å². The first-order chi connectivity index (χ1) is 8.22. The van der Waals surface area contributed by atoms with Crippen LogP contribution in [0, 0.1) is 13.8 Å². The molecule has 2 aromatic rings. The summed E-state index contributed by atoms with van der Waals surface area (Å²) < 4.78 is 5.40. The molecule has 90 valence electrons. The highest BCUT2D eigenvalue weighted by Gasteiger charge is 2.16. The Morgan fingerprint density at radius 3 is 2.35 bits per heavy atom. The fourth-order valence-electron chi connectivity index (χ4n) is 2.06. The van der Waals surface area contributed by atoms with Gasteiger partial charge < -0.3 is 9.73 Å². The molecule has 0 amide bonds. The van der Waals surface area contributed by atoms with Crippen LogP contribution in [0.5, 0.6) is 0 Å². The van der Waals surface area contributed by atoms with Crippen molar-refractivity contribution in [1.82, 2.24) is 5.32 Å². The Kier molecular flexibility index (Phi) is 3.64. The van der Waals surface area contributed by atoms with E-state index in [1.165, 1.54) is 16.7 Å². The Labute approximate surface area is 103 Å². The summed E-state index contributed by atoms with van der Waals surface area (Å²) in [6.07, 6.45) is 1.75. The molecule has 0 saturated heterocycles. The SMILES string of the molecule is CCNC(c1ccc(C)cc1)c1ccoc1C. The molecular formula is C15H19NO. The van der Waals surface area contributed by atoms with Gasteiger partial charge in [-0.15, -0.1) is 0 Å². The molecule has 0 aliphatic carbocycles. The minimum atomic E-state index is 0.222. The lowest BCUT2D eigenvalue weighted by molar-refractivity contribution is 0.520. The van der Waals surface area contributed by atoms with Crippen molar-refractivity contribution < 1.29 is 4.42 Å². The maximum Gasteiger partial charge on any atom is 0.105 e. The maximum atomic E-state index is 5.40.